The van der Waals surface area contributed by atoms with E-state index < -0.39 is 0 Å². The highest BCUT2D eigenvalue weighted by atomic mass is 15.3. The zero-order chi connectivity index (χ0) is 17.9. The molecule has 0 fully saturated rings. The lowest BCUT2D eigenvalue weighted by molar-refractivity contribution is 0.736. The number of rotatable bonds is 6. The molecular weight excluding hydrogens is 300 g/mol. The van der Waals surface area contributed by atoms with E-state index in [4.69, 9.17) is 0 Å². The molecule has 6 heteroatoms. The molecule has 0 aliphatic heterocycles. The van der Waals surface area contributed by atoms with E-state index in [0.717, 1.165) is 12.4 Å². The highest BCUT2D eigenvalue weighted by molar-refractivity contribution is 5.48. The van der Waals surface area contributed by atoms with E-state index in [1.807, 2.05) is 40.1 Å². The Morgan fingerprint density at radius 2 is 1.54 bits per heavy atom. The normalized spacial score (nSPS) is 10.8. The zero-order valence-corrected chi connectivity index (χ0v) is 15.8. The van der Waals surface area contributed by atoms with Crippen LogP contribution in [-0.4, -0.2) is 50.2 Å². The summed E-state index contributed by atoms with van der Waals surface area (Å²) in [5, 5.41) is 0. The Balaban J connectivity index is 2.28. The van der Waals surface area contributed by atoms with Crippen LogP contribution in [0.1, 0.15) is 31.2 Å². The summed E-state index contributed by atoms with van der Waals surface area (Å²) in [4.78, 5) is 19.8. The Labute approximate surface area is 145 Å². The van der Waals surface area contributed by atoms with Gasteiger partial charge in [-0.15, -0.1) is 0 Å². The first-order chi connectivity index (χ1) is 11.3. The van der Waals surface area contributed by atoms with Crippen LogP contribution >= 0.6 is 0 Å². The third-order valence-electron chi connectivity index (χ3n) is 3.73. The van der Waals surface area contributed by atoms with Crippen molar-refractivity contribution in [1.82, 2.24) is 15.0 Å². The molecule has 130 valence electrons. The van der Waals surface area contributed by atoms with Crippen LogP contribution in [0.15, 0.2) is 24.3 Å². The van der Waals surface area contributed by atoms with E-state index in [0.29, 0.717) is 11.9 Å². The number of hydrogen-bond donors (Lipinski definition) is 0. The molecule has 0 saturated carbocycles. The van der Waals surface area contributed by atoms with Crippen molar-refractivity contribution in [3.8, 4) is 0 Å². The third kappa shape index (κ3) is 4.34. The molecular formula is C18H28N6. The van der Waals surface area contributed by atoms with Gasteiger partial charge in [-0.3, -0.25) is 0 Å². The fourth-order valence-corrected chi connectivity index (χ4v) is 2.28. The lowest BCUT2D eigenvalue weighted by Gasteiger charge is -2.21. The van der Waals surface area contributed by atoms with E-state index in [2.05, 4.69) is 62.9 Å². The van der Waals surface area contributed by atoms with Crippen molar-refractivity contribution in [3.05, 3.63) is 35.7 Å². The summed E-state index contributed by atoms with van der Waals surface area (Å²) in [5.74, 6) is 2.47. The van der Waals surface area contributed by atoms with Crippen LogP contribution in [-0.2, 0) is 6.54 Å². The fraction of sp³-hybridized carbons (Fsp3) is 0.500. The predicted molar refractivity (Wildman–Crippen MR) is 101 cm³/mol. The van der Waals surface area contributed by atoms with Crippen molar-refractivity contribution in [2.24, 2.45) is 0 Å². The summed E-state index contributed by atoms with van der Waals surface area (Å²) in [5.41, 5.74) is 2.41. The first kappa shape index (κ1) is 18.0. The molecule has 0 radical (unpaired) electrons. The van der Waals surface area contributed by atoms with Gasteiger partial charge in [-0.25, -0.2) is 0 Å². The largest absolute Gasteiger partial charge is 0.378 e. The first-order valence-electron chi connectivity index (χ1n) is 8.18. The molecule has 24 heavy (non-hydrogen) atoms. The molecule has 2 aromatic rings. The summed E-state index contributed by atoms with van der Waals surface area (Å²) < 4.78 is 0. The molecule has 0 N–H and O–H groups in total. The lowest BCUT2D eigenvalue weighted by Crippen LogP contribution is -2.23. The maximum Gasteiger partial charge on any atom is 0.230 e. The van der Waals surface area contributed by atoms with Gasteiger partial charge in [-0.2, -0.15) is 15.0 Å². The number of aromatic nitrogens is 3. The Hall–Kier alpha value is -2.37. The lowest BCUT2D eigenvalue weighted by atomic mass is 10.2. The van der Waals surface area contributed by atoms with Crippen molar-refractivity contribution < 1.29 is 0 Å². The van der Waals surface area contributed by atoms with Gasteiger partial charge in [0, 0.05) is 53.4 Å². The third-order valence-corrected chi connectivity index (χ3v) is 3.73. The minimum atomic E-state index is 0.260. The average Bonchev–Trinajstić information content (AvgIpc) is 2.54. The van der Waals surface area contributed by atoms with Gasteiger partial charge in [0.25, 0.3) is 0 Å². The standard InChI is InChI=1S/C18H28N6/c1-13(2)16-19-17(23(5)6)21-18(20-16)24(7)12-14-9-8-10-15(11-14)22(3)4/h8-11,13H,12H2,1-7H3. The van der Waals surface area contributed by atoms with Gasteiger partial charge in [0.1, 0.15) is 5.82 Å². The topological polar surface area (TPSA) is 48.4 Å². The van der Waals surface area contributed by atoms with Crippen LogP contribution in [0.4, 0.5) is 17.6 Å². The van der Waals surface area contributed by atoms with Crippen LogP contribution in [0.5, 0.6) is 0 Å². The summed E-state index contributed by atoms with van der Waals surface area (Å²) in [6.07, 6.45) is 0. The van der Waals surface area contributed by atoms with Crippen LogP contribution in [0, 0.1) is 0 Å². The molecule has 0 amide bonds. The maximum absolute atomic E-state index is 4.64. The van der Waals surface area contributed by atoms with Gasteiger partial charge >= 0.3 is 0 Å². The molecule has 0 aliphatic carbocycles. The number of nitrogens with zero attached hydrogens (tertiary/aromatic N) is 6. The minimum Gasteiger partial charge on any atom is -0.378 e. The van der Waals surface area contributed by atoms with Crippen molar-refractivity contribution in [2.75, 3.05) is 49.9 Å². The van der Waals surface area contributed by atoms with Crippen molar-refractivity contribution >= 4 is 17.6 Å². The monoisotopic (exact) mass is 328 g/mol. The van der Waals surface area contributed by atoms with E-state index in [-0.39, 0.29) is 5.92 Å². The summed E-state index contributed by atoms with van der Waals surface area (Å²) in [6, 6.07) is 8.50. The van der Waals surface area contributed by atoms with Crippen molar-refractivity contribution in [2.45, 2.75) is 26.3 Å². The molecule has 0 unspecified atom stereocenters. The van der Waals surface area contributed by atoms with Gasteiger partial charge in [0.15, 0.2) is 0 Å². The van der Waals surface area contributed by atoms with Gasteiger partial charge in [-0.1, -0.05) is 26.0 Å². The molecule has 2 rings (SSSR count). The minimum absolute atomic E-state index is 0.260. The van der Waals surface area contributed by atoms with Gasteiger partial charge in [-0.05, 0) is 17.7 Å². The van der Waals surface area contributed by atoms with Crippen LogP contribution in [0.3, 0.4) is 0 Å². The molecule has 6 nitrogen and oxygen atoms in total. The van der Waals surface area contributed by atoms with Gasteiger partial charge in [0.2, 0.25) is 11.9 Å². The van der Waals surface area contributed by atoms with Gasteiger partial charge in [0.05, 0.1) is 0 Å². The second-order valence-corrected chi connectivity index (χ2v) is 6.76. The van der Waals surface area contributed by atoms with Gasteiger partial charge < -0.3 is 14.7 Å². The Morgan fingerprint density at radius 1 is 0.875 bits per heavy atom. The number of anilines is 3. The highest BCUT2D eigenvalue weighted by Crippen LogP contribution is 2.20. The first-order valence-corrected chi connectivity index (χ1v) is 8.18. The smallest absolute Gasteiger partial charge is 0.230 e. The summed E-state index contributed by atoms with van der Waals surface area (Å²) >= 11 is 0. The van der Waals surface area contributed by atoms with Crippen LogP contribution in [0.25, 0.3) is 0 Å². The van der Waals surface area contributed by atoms with E-state index >= 15 is 0 Å². The van der Waals surface area contributed by atoms with Crippen LogP contribution < -0.4 is 14.7 Å². The molecule has 1 heterocycles. The summed E-state index contributed by atoms with van der Waals surface area (Å²) in [7, 11) is 10.0. The fourth-order valence-electron chi connectivity index (χ4n) is 2.28. The number of hydrogen-bond acceptors (Lipinski definition) is 6. The maximum atomic E-state index is 4.64. The average molecular weight is 328 g/mol. The van der Waals surface area contributed by atoms with E-state index in [9.17, 15) is 0 Å². The second-order valence-electron chi connectivity index (χ2n) is 6.76. The molecule has 0 saturated heterocycles. The van der Waals surface area contributed by atoms with Crippen molar-refractivity contribution in [1.29, 1.82) is 0 Å². The quantitative estimate of drug-likeness (QED) is 0.813. The second kappa shape index (κ2) is 7.47. The molecule has 0 aliphatic rings. The predicted octanol–water partition coefficient (Wildman–Crippen LogP) is 2.76. The molecule has 0 spiro atoms. The van der Waals surface area contributed by atoms with Crippen LogP contribution in [0.2, 0.25) is 0 Å². The van der Waals surface area contributed by atoms with Crippen molar-refractivity contribution in [3.63, 3.8) is 0 Å². The number of benzene rings is 1. The SMILES string of the molecule is CC(C)c1nc(N(C)C)nc(N(C)Cc2cccc(N(C)C)c2)n1. The summed E-state index contributed by atoms with van der Waals surface area (Å²) in [6.45, 7) is 4.94. The molecule has 0 atom stereocenters. The van der Waals surface area contributed by atoms with E-state index in [1.54, 1.807) is 0 Å². The zero-order valence-electron chi connectivity index (χ0n) is 15.8. The Morgan fingerprint density at radius 3 is 2.12 bits per heavy atom. The Bertz CT molecular complexity index is 655. The van der Waals surface area contributed by atoms with E-state index in [1.165, 1.54) is 11.3 Å². The molecule has 1 aromatic heterocycles. The Kier molecular flexibility index (Phi) is 5.59. The molecule has 1 aromatic carbocycles. The highest BCUT2D eigenvalue weighted by Gasteiger charge is 2.14. The molecule has 0 bridgehead atoms.